The van der Waals surface area contributed by atoms with Gasteiger partial charge in [0, 0.05) is 18.1 Å². The predicted molar refractivity (Wildman–Crippen MR) is 105 cm³/mol. The van der Waals surface area contributed by atoms with Gasteiger partial charge in [-0.25, -0.2) is 4.98 Å². The molecule has 2 aromatic rings. The Morgan fingerprint density at radius 1 is 1.21 bits per heavy atom. The van der Waals surface area contributed by atoms with E-state index in [2.05, 4.69) is 4.98 Å². The number of carbonyl (C=O) groups is 3. The van der Waals surface area contributed by atoms with Crippen molar-refractivity contribution in [1.29, 1.82) is 0 Å². The Morgan fingerprint density at radius 3 is 2.50 bits per heavy atom. The summed E-state index contributed by atoms with van der Waals surface area (Å²) in [4.78, 5) is 41.8. The summed E-state index contributed by atoms with van der Waals surface area (Å²) in [6.45, 7) is 3.66. The molecule has 28 heavy (non-hydrogen) atoms. The first-order chi connectivity index (χ1) is 13.3. The van der Waals surface area contributed by atoms with Crippen LogP contribution in [0.25, 0.3) is 10.6 Å². The van der Waals surface area contributed by atoms with Gasteiger partial charge in [-0.05, 0) is 26.0 Å². The first-order valence-electron chi connectivity index (χ1n) is 8.58. The molecule has 0 saturated carbocycles. The highest BCUT2D eigenvalue weighted by Crippen LogP contribution is 2.33. The molecule has 3 rings (SSSR count). The second-order valence-electron chi connectivity index (χ2n) is 6.20. The van der Waals surface area contributed by atoms with Crippen LogP contribution in [0.5, 0.6) is 5.75 Å². The first-order valence-corrected chi connectivity index (χ1v) is 9.40. The van der Waals surface area contributed by atoms with Crippen LogP contribution < -0.4 is 4.74 Å². The van der Waals surface area contributed by atoms with Crippen molar-refractivity contribution in [1.82, 2.24) is 14.8 Å². The number of hydrogen-bond acceptors (Lipinski definition) is 6. The minimum Gasteiger partial charge on any atom is -0.496 e. The number of nitrogens with zero attached hydrogens (tertiary/aromatic N) is 3. The summed E-state index contributed by atoms with van der Waals surface area (Å²) >= 11 is 1.51. The average molecular weight is 405 g/mol. The number of piperazine rings is 1. The van der Waals surface area contributed by atoms with E-state index in [0.29, 0.717) is 6.54 Å². The molecule has 1 N–H and O–H groups in total. The SMILES string of the molecule is COc1ccccc1-c1ncc(CN2C(=O)[C@H](C)N(C)C(=O)[C@@H]2C)s1.O=CO. The zero-order chi connectivity index (χ0) is 20.8. The minimum absolute atomic E-state index is 0.0400. The van der Waals surface area contributed by atoms with Crippen LogP contribution in [0.4, 0.5) is 0 Å². The maximum atomic E-state index is 12.6. The molecule has 1 aromatic heterocycles. The third-order valence-electron chi connectivity index (χ3n) is 4.61. The van der Waals surface area contributed by atoms with Crippen LogP contribution in [0.1, 0.15) is 18.7 Å². The lowest BCUT2D eigenvalue weighted by molar-refractivity contribution is -0.159. The van der Waals surface area contributed by atoms with Crippen LogP contribution in [0.15, 0.2) is 30.5 Å². The molecule has 9 heteroatoms. The van der Waals surface area contributed by atoms with Gasteiger partial charge < -0.3 is 19.6 Å². The predicted octanol–water partition coefficient (Wildman–Crippen LogP) is 2.10. The lowest BCUT2D eigenvalue weighted by Gasteiger charge is -2.40. The van der Waals surface area contributed by atoms with Crippen molar-refractivity contribution < 1.29 is 24.2 Å². The maximum absolute atomic E-state index is 12.6. The topological polar surface area (TPSA) is 100 Å². The molecular weight excluding hydrogens is 382 g/mol. The van der Waals surface area contributed by atoms with Gasteiger partial charge in [-0.3, -0.25) is 14.4 Å². The summed E-state index contributed by atoms with van der Waals surface area (Å²) in [5.41, 5.74) is 0.920. The largest absolute Gasteiger partial charge is 0.496 e. The van der Waals surface area contributed by atoms with Crippen LogP contribution in [-0.2, 0) is 20.9 Å². The van der Waals surface area contributed by atoms with Crippen molar-refractivity contribution >= 4 is 29.6 Å². The molecule has 2 atom stereocenters. The molecule has 0 spiro atoms. The molecular formula is C19H23N3O5S. The van der Waals surface area contributed by atoms with Gasteiger partial charge in [-0.2, -0.15) is 0 Å². The number of thiazole rings is 1. The molecule has 1 aliphatic rings. The molecule has 0 bridgehead atoms. The van der Waals surface area contributed by atoms with E-state index in [0.717, 1.165) is 21.2 Å². The third kappa shape index (κ3) is 4.30. The Hall–Kier alpha value is -2.94. The van der Waals surface area contributed by atoms with Crippen molar-refractivity contribution in [3.63, 3.8) is 0 Å². The van der Waals surface area contributed by atoms with Crippen LogP contribution in [0.3, 0.4) is 0 Å². The Balaban J connectivity index is 0.000000878. The van der Waals surface area contributed by atoms with Crippen LogP contribution in [0, 0.1) is 0 Å². The van der Waals surface area contributed by atoms with Crippen LogP contribution in [-0.4, -0.2) is 64.4 Å². The fourth-order valence-electron chi connectivity index (χ4n) is 2.92. The summed E-state index contributed by atoms with van der Waals surface area (Å²) in [5.74, 6) is 0.680. The van der Waals surface area contributed by atoms with E-state index >= 15 is 0 Å². The van der Waals surface area contributed by atoms with E-state index in [9.17, 15) is 9.59 Å². The quantitative estimate of drug-likeness (QED) is 0.782. The van der Waals surface area contributed by atoms with Crippen LogP contribution in [0.2, 0.25) is 0 Å². The number of carbonyl (C=O) groups excluding carboxylic acids is 2. The number of ether oxygens (including phenoxy) is 1. The molecule has 0 radical (unpaired) electrons. The number of methoxy groups -OCH3 is 1. The summed E-state index contributed by atoms with van der Waals surface area (Å²) in [5, 5.41) is 7.72. The number of likely N-dealkylation sites (N-methyl/N-ethyl adjacent to an activating group) is 1. The van der Waals surface area contributed by atoms with E-state index in [-0.39, 0.29) is 18.3 Å². The number of benzene rings is 1. The van der Waals surface area contributed by atoms with Gasteiger partial charge >= 0.3 is 0 Å². The number of amides is 2. The van der Waals surface area contributed by atoms with Crippen molar-refractivity contribution in [3.8, 4) is 16.3 Å². The molecule has 1 aliphatic heterocycles. The number of aromatic nitrogens is 1. The van der Waals surface area contributed by atoms with Gasteiger partial charge in [0.15, 0.2) is 0 Å². The van der Waals surface area contributed by atoms with E-state index < -0.39 is 12.1 Å². The van der Waals surface area contributed by atoms with Gasteiger partial charge in [0.05, 0.1) is 19.2 Å². The molecule has 2 heterocycles. The molecule has 0 aliphatic carbocycles. The van der Waals surface area contributed by atoms with Gasteiger partial charge in [0.25, 0.3) is 6.47 Å². The van der Waals surface area contributed by atoms with E-state index in [1.807, 2.05) is 24.3 Å². The zero-order valence-corrected chi connectivity index (χ0v) is 17.0. The standard InChI is InChI=1S/C18H21N3O3S.CH2O2/c1-11-18(23)21(12(2)17(22)20(11)3)10-13-9-19-16(25-13)14-7-5-6-8-15(14)24-4;2-1-3/h5-9,11-12H,10H2,1-4H3;1H,(H,2,3)/t11-,12-;/m0./s1. The average Bonchev–Trinajstić information content (AvgIpc) is 3.17. The highest BCUT2D eigenvalue weighted by molar-refractivity contribution is 7.15. The molecule has 8 nitrogen and oxygen atoms in total. The fraction of sp³-hybridized carbons (Fsp3) is 0.368. The molecule has 150 valence electrons. The normalized spacial score (nSPS) is 19.1. The van der Waals surface area contributed by atoms with Crippen molar-refractivity contribution in [2.75, 3.05) is 14.2 Å². The lowest BCUT2D eigenvalue weighted by atomic mass is 10.1. The van der Waals surface area contributed by atoms with E-state index in [4.69, 9.17) is 14.6 Å². The molecule has 1 aromatic carbocycles. The lowest BCUT2D eigenvalue weighted by Crippen LogP contribution is -2.61. The number of rotatable bonds is 4. The Morgan fingerprint density at radius 2 is 1.86 bits per heavy atom. The third-order valence-corrected chi connectivity index (χ3v) is 5.63. The number of hydrogen-bond donors (Lipinski definition) is 1. The number of para-hydroxylation sites is 1. The zero-order valence-electron chi connectivity index (χ0n) is 16.2. The smallest absolute Gasteiger partial charge is 0.290 e. The van der Waals surface area contributed by atoms with E-state index in [1.165, 1.54) is 16.2 Å². The van der Waals surface area contributed by atoms with Gasteiger partial charge in [0.1, 0.15) is 22.8 Å². The summed E-state index contributed by atoms with van der Waals surface area (Å²) in [6.07, 6.45) is 1.76. The highest BCUT2D eigenvalue weighted by atomic mass is 32.1. The second kappa shape index (κ2) is 9.32. The molecule has 1 fully saturated rings. The fourth-order valence-corrected chi connectivity index (χ4v) is 3.87. The Labute approximate surface area is 167 Å². The Bertz CT molecular complexity index is 854. The van der Waals surface area contributed by atoms with Gasteiger partial charge in [-0.15, -0.1) is 11.3 Å². The summed E-state index contributed by atoms with van der Waals surface area (Å²) < 4.78 is 5.38. The molecule has 2 amide bonds. The van der Waals surface area contributed by atoms with Gasteiger partial charge in [-0.1, -0.05) is 12.1 Å². The van der Waals surface area contributed by atoms with Crippen LogP contribution >= 0.6 is 11.3 Å². The highest BCUT2D eigenvalue weighted by Gasteiger charge is 2.39. The Kier molecular flexibility index (Phi) is 7.11. The van der Waals surface area contributed by atoms with E-state index in [1.54, 1.807) is 39.1 Å². The molecule has 1 saturated heterocycles. The van der Waals surface area contributed by atoms with Crippen molar-refractivity contribution in [2.24, 2.45) is 0 Å². The minimum atomic E-state index is -0.467. The maximum Gasteiger partial charge on any atom is 0.290 e. The van der Waals surface area contributed by atoms with Crippen molar-refractivity contribution in [2.45, 2.75) is 32.5 Å². The summed E-state index contributed by atoms with van der Waals surface area (Å²) in [6, 6.07) is 6.79. The van der Waals surface area contributed by atoms with Crippen molar-refractivity contribution in [3.05, 3.63) is 35.3 Å². The van der Waals surface area contributed by atoms with Gasteiger partial charge in [0.2, 0.25) is 11.8 Å². The second-order valence-corrected chi connectivity index (χ2v) is 7.32. The number of carboxylic acid groups (broad SMARTS) is 1. The molecule has 0 unspecified atom stereocenters. The monoisotopic (exact) mass is 405 g/mol. The first kappa shape index (κ1) is 21.4. The summed E-state index contributed by atoms with van der Waals surface area (Å²) in [7, 11) is 3.30.